The largest absolute Gasteiger partial charge is 0.487 e. The van der Waals surface area contributed by atoms with Crippen LogP contribution in [-0.2, 0) is 0 Å². The smallest absolute Gasteiger partial charge is 0.152 e. The molecule has 0 aliphatic carbocycles. The van der Waals surface area contributed by atoms with Crippen LogP contribution in [0.1, 0.15) is 32.4 Å². The zero-order valence-corrected chi connectivity index (χ0v) is 13.5. The van der Waals surface area contributed by atoms with Gasteiger partial charge in [-0.3, -0.25) is 0 Å². The number of pyridine rings is 1. The molecule has 2 rings (SSSR count). The van der Waals surface area contributed by atoms with Crippen molar-refractivity contribution in [3.8, 4) is 5.75 Å². The SMILES string of the molecule is Cc1ccc(OC(CC(C)C)C2CCNC2)c(Br)n1. The highest BCUT2D eigenvalue weighted by Gasteiger charge is 2.27. The summed E-state index contributed by atoms with van der Waals surface area (Å²) in [5.74, 6) is 2.11. The molecule has 1 saturated heterocycles. The van der Waals surface area contributed by atoms with Gasteiger partial charge in [0.05, 0.1) is 0 Å². The number of nitrogens with one attached hydrogen (secondary N) is 1. The molecule has 4 heteroatoms. The molecule has 1 aromatic rings. The molecule has 1 aliphatic rings. The van der Waals surface area contributed by atoms with E-state index >= 15 is 0 Å². The normalized spacial score (nSPS) is 20.8. The fourth-order valence-corrected chi connectivity index (χ4v) is 3.06. The minimum Gasteiger partial charge on any atom is -0.487 e. The van der Waals surface area contributed by atoms with E-state index in [-0.39, 0.29) is 6.10 Å². The van der Waals surface area contributed by atoms with Gasteiger partial charge in [-0.1, -0.05) is 13.8 Å². The average Bonchev–Trinajstić information content (AvgIpc) is 2.84. The quantitative estimate of drug-likeness (QED) is 0.840. The van der Waals surface area contributed by atoms with Gasteiger partial charge in [0.15, 0.2) is 5.75 Å². The van der Waals surface area contributed by atoms with Crippen LogP contribution in [0.3, 0.4) is 0 Å². The topological polar surface area (TPSA) is 34.1 Å². The molecule has 19 heavy (non-hydrogen) atoms. The Balaban J connectivity index is 2.09. The van der Waals surface area contributed by atoms with Gasteiger partial charge in [-0.2, -0.15) is 0 Å². The summed E-state index contributed by atoms with van der Waals surface area (Å²) in [7, 11) is 0. The Morgan fingerprint density at radius 3 is 2.84 bits per heavy atom. The second-order valence-electron chi connectivity index (χ2n) is 5.78. The predicted octanol–water partition coefficient (Wildman–Crippen LogP) is 3.56. The molecule has 2 atom stereocenters. The summed E-state index contributed by atoms with van der Waals surface area (Å²) in [4.78, 5) is 4.41. The van der Waals surface area contributed by atoms with Gasteiger partial charge >= 0.3 is 0 Å². The van der Waals surface area contributed by atoms with E-state index in [2.05, 4.69) is 40.1 Å². The Morgan fingerprint density at radius 2 is 2.26 bits per heavy atom. The van der Waals surface area contributed by atoms with Gasteiger partial charge in [0, 0.05) is 18.2 Å². The summed E-state index contributed by atoms with van der Waals surface area (Å²) in [5.41, 5.74) is 1.00. The number of halogens is 1. The summed E-state index contributed by atoms with van der Waals surface area (Å²) in [6.07, 6.45) is 2.57. The number of hydrogen-bond acceptors (Lipinski definition) is 3. The third kappa shape index (κ3) is 4.18. The number of rotatable bonds is 5. The fraction of sp³-hybridized carbons (Fsp3) is 0.667. The van der Waals surface area contributed by atoms with E-state index < -0.39 is 0 Å². The van der Waals surface area contributed by atoms with Crippen LogP contribution in [0.4, 0.5) is 0 Å². The second-order valence-corrected chi connectivity index (χ2v) is 6.53. The Morgan fingerprint density at radius 1 is 1.47 bits per heavy atom. The number of nitrogens with zero attached hydrogens (tertiary/aromatic N) is 1. The molecule has 0 bridgehead atoms. The highest BCUT2D eigenvalue weighted by molar-refractivity contribution is 9.10. The molecule has 1 aliphatic heterocycles. The van der Waals surface area contributed by atoms with Crippen molar-refractivity contribution in [3.05, 3.63) is 22.4 Å². The highest BCUT2D eigenvalue weighted by atomic mass is 79.9. The second kappa shape index (κ2) is 6.71. The first-order valence-electron chi connectivity index (χ1n) is 7.06. The van der Waals surface area contributed by atoms with Crippen molar-refractivity contribution in [3.63, 3.8) is 0 Å². The van der Waals surface area contributed by atoms with Crippen LogP contribution >= 0.6 is 15.9 Å². The first-order valence-corrected chi connectivity index (χ1v) is 7.86. The summed E-state index contributed by atoms with van der Waals surface area (Å²) in [6.45, 7) is 8.66. The average molecular weight is 327 g/mol. The van der Waals surface area contributed by atoms with Crippen molar-refractivity contribution in [2.45, 2.75) is 39.7 Å². The van der Waals surface area contributed by atoms with Crippen molar-refractivity contribution in [2.24, 2.45) is 11.8 Å². The van der Waals surface area contributed by atoms with E-state index in [1.807, 2.05) is 19.1 Å². The highest BCUT2D eigenvalue weighted by Crippen LogP contribution is 2.29. The van der Waals surface area contributed by atoms with Crippen molar-refractivity contribution in [2.75, 3.05) is 13.1 Å². The predicted molar refractivity (Wildman–Crippen MR) is 81.5 cm³/mol. The van der Waals surface area contributed by atoms with Crippen molar-refractivity contribution in [1.29, 1.82) is 0 Å². The molecule has 0 spiro atoms. The van der Waals surface area contributed by atoms with Crippen LogP contribution < -0.4 is 10.1 Å². The van der Waals surface area contributed by atoms with E-state index in [0.29, 0.717) is 11.8 Å². The maximum absolute atomic E-state index is 6.25. The maximum Gasteiger partial charge on any atom is 0.152 e. The molecule has 3 nitrogen and oxygen atoms in total. The van der Waals surface area contributed by atoms with Gasteiger partial charge in [-0.05, 0) is 60.3 Å². The number of aryl methyl sites for hydroxylation is 1. The molecule has 106 valence electrons. The summed E-state index contributed by atoms with van der Waals surface area (Å²) < 4.78 is 7.06. The molecule has 0 amide bonds. The van der Waals surface area contributed by atoms with E-state index in [1.54, 1.807) is 0 Å². The molecule has 0 saturated carbocycles. The van der Waals surface area contributed by atoms with Gasteiger partial charge in [-0.15, -0.1) is 0 Å². The van der Waals surface area contributed by atoms with E-state index in [0.717, 1.165) is 35.6 Å². The Hall–Kier alpha value is -0.610. The van der Waals surface area contributed by atoms with Gasteiger partial charge in [0.1, 0.15) is 10.7 Å². The minimum atomic E-state index is 0.274. The summed E-state index contributed by atoms with van der Waals surface area (Å²) in [5, 5.41) is 3.43. The lowest BCUT2D eigenvalue weighted by Crippen LogP contribution is -2.30. The number of aromatic nitrogens is 1. The van der Waals surface area contributed by atoms with Crippen LogP contribution in [0.15, 0.2) is 16.7 Å². The maximum atomic E-state index is 6.25. The first kappa shape index (κ1) is 14.8. The lowest BCUT2D eigenvalue weighted by molar-refractivity contribution is 0.118. The molecular weight excluding hydrogens is 304 g/mol. The van der Waals surface area contributed by atoms with Gasteiger partial charge in [0.25, 0.3) is 0 Å². The van der Waals surface area contributed by atoms with Crippen LogP contribution in [0, 0.1) is 18.8 Å². The van der Waals surface area contributed by atoms with Crippen LogP contribution in [0.2, 0.25) is 0 Å². The van der Waals surface area contributed by atoms with E-state index in [1.165, 1.54) is 6.42 Å². The zero-order valence-electron chi connectivity index (χ0n) is 11.9. The van der Waals surface area contributed by atoms with E-state index in [4.69, 9.17) is 4.74 Å². The third-order valence-corrected chi connectivity index (χ3v) is 4.13. The molecule has 2 heterocycles. The zero-order chi connectivity index (χ0) is 13.8. The first-order chi connectivity index (χ1) is 9.06. The summed E-state index contributed by atoms with van der Waals surface area (Å²) >= 11 is 3.50. The van der Waals surface area contributed by atoms with Crippen LogP contribution in [-0.4, -0.2) is 24.2 Å². The van der Waals surface area contributed by atoms with Crippen molar-refractivity contribution in [1.82, 2.24) is 10.3 Å². The Bertz CT molecular complexity index is 417. The van der Waals surface area contributed by atoms with Crippen LogP contribution in [0.5, 0.6) is 5.75 Å². The monoisotopic (exact) mass is 326 g/mol. The fourth-order valence-electron chi connectivity index (χ4n) is 2.56. The lowest BCUT2D eigenvalue weighted by atomic mass is 9.93. The molecule has 1 aromatic heterocycles. The standard InChI is InChI=1S/C15H23BrN2O/c1-10(2)8-14(12-6-7-17-9-12)19-13-5-4-11(3)18-15(13)16/h4-5,10,12,14,17H,6-9H2,1-3H3. The van der Waals surface area contributed by atoms with Gasteiger partial charge in [-0.25, -0.2) is 4.98 Å². The van der Waals surface area contributed by atoms with Gasteiger partial charge < -0.3 is 10.1 Å². The molecule has 2 unspecified atom stereocenters. The number of hydrogen-bond donors (Lipinski definition) is 1. The summed E-state index contributed by atoms with van der Waals surface area (Å²) in [6, 6.07) is 4.02. The molecule has 0 aromatic carbocycles. The Labute approximate surface area is 124 Å². The van der Waals surface area contributed by atoms with Crippen LogP contribution in [0.25, 0.3) is 0 Å². The van der Waals surface area contributed by atoms with Crippen molar-refractivity contribution >= 4 is 15.9 Å². The van der Waals surface area contributed by atoms with E-state index in [9.17, 15) is 0 Å². The molecule has 1 N–H and O–H groups in total. The molecule has 0 radical (unpaired) electrons. The minimum absolute atomic E-state index is 0.274. The Kier molecular flexibility index (Phi) is 5.22. The third-order valence-electron chi connectivity index (χ3n) is 3.56. The molecular formula is C15H23BrN2O. The lowest BCUT2D eigenvalue weighted by Gasteiger charge is -2.26. The number of ether oxygens (including phenoxy) is 1. The van der Waals surface area contributed by atoms with Crippen molar-refractivity contribution < 1.29 is 4.74 Å². The molecule has 1 fully saturated rings. The van der Waals surface area contributed by atoms with Gasteiger partial charge in [0.2, 0.25) is 0 Å².